The maximum atomic E-state index is 11.1. The first-order valence-corrected chi connectivity index (χ1v) is 5.49. The Hall–Kier alpha value is -1.80. The van der Waals surface area contributed by atoms with Gasteiger partial charge < -0.3 is 10.0 Å². The average Bonchev–Trinajstić information content (AvgIpc) is 2.29. The molecule has 1 N–H and O–H groups in total. The number of halogens is 1. The van der Waals surface area contributed by atoms with E-state index in [4.69, 9.17) is 22.0 Å². The number of carboxylic acids is 1. The summed E-state index contributed by atoms with van der Waals surface area (Å²) in [4.78, 5) is 16.8. The fourth-order valence-electron chi connectivity index (χ4n) is 1.43. The SMILES string of the molecule is CCN(CCC#N)c1nc(Cl)ccc1C(=O)O. The number of aromatic nitrogens is 1. The zero-order valence-electron chi connectivity index (χ0n) is 9.35. The predicted octanol–water partition coefficient (Wildman–Crippen LogP) is 2.17. The molecule has 0 amide bonds. The van der Waals surface area contributed by atoms with E-state index in [0.717, 1.165) is 0 Å². The van der Waals surface area contributed by atoms with E-state index in [1.165, 1.54) is 12.1 Å². The van der Waals surface area contributed by atoms with Gasteiger partial charge in [0.1, 0.15) is 16.5 Å². The fourth-order valence-corrected chi connectivity index (χ4v) is 1.58. The maximum Gasteiger partial charge on any atom is 0.339 e. The van der Waals surface area contributed by atoms with E-state index >= 15 is 0 Å². The van der Waals surface area contributed by atoms with Crippen LogP contribution in [0.1, 0.15) is 23.7 Å². The number of nitriles is 1. The van der Waals surface area contributed by atoms with Crippen molar-refractivity contribution in [3.63, 3.8) is 0 Å². The molecule has 0 atom stereocenters. The molecule has 1 heterocycles. The number of pyridine rings is 1. The summed E-state index contributed by atoms with van der Waals surface area (Å²) in [5.41, 5.74) is 0.0918. The van der Waals surface area contributed by atoms with Crippen LogP contribution in [0.4, 0.5) is 5.82 Å². The molecule has 90 valence electrons. The van der Waals surface area contributed by atoms with Crippen molar-refractivity contribution in [2.75, 3.05) is 18.0 Å². The molecule has 0 spiro atoms. The topological polar surface area (TPSA) is 77.2 Å². The molecule has 1 rings (SSSR count). The lowest BCUT2D eigenvalue weighted by molar-refractivity contribution is 0.0697. The first kappa shape index (κ1) is 13.3. The van der Waals surface area contributed by atoms with E-state index < -0.39 is 5.97 Å². The van der Waals surface area contributed by atoms with Gasteiger partial charge in [0.05, 0.1) is 12.5 Å². The zero-order valence-corrected chi connectivity index (χ0v) is 10.1. The van der Waals surface area contributed by atoms with Crippen molar-refractivity contribution in [3.05, 3.63) is 22.8 Å². The van der Waals surface area contributed by atoms with E-state index in [0.29, 0.717) is 25.3 Å². The lowest BCUT2D eigenvalue weighted by Gasteiger charge is -2.22. The molecule has 0 unspecified atom stereocenters. The Labute approximate surface area is 104 Å². The molecular formula is C11H12ClN3O2. The van der Waals surface area contributed by atoms with E-state index in [1.54, 1.807) is 4.90 Å². The van der Waals surface area contributed by atoms with E-state index in [2.05, 4.69) is 4.98 Å². The largest absolute Gasteiger partial charge is 0.478 e. The van der Waals surface area contributed by atoms with Gasteiger partial charge in [-0.3, -0.25) is 0 Å². The molecule has 0 aliphatic rings. The average molecular weight is 254 g/mol. The second-order valence-corrected chi connectivity index (χ2v) is 3.69. The normalized spacial score (nSPS) is 9.71. The summed E-state index contributed by atoms with van der Waals surface area (Å²) in [6.07, 6.45) is 0.307. The Morgan fingerprint density at radius 1 is 1.65 bits per heavy atom. The highest BCUT2D eigenvalue weighted by Crippen LogP contribution is 2.21. The number of carboxylic acid groups (broad SMARTS) is 1. The number of hydrogen-bond donors (Lipinski definition) is 1. The van der Waals surface area contributed by atoms with E-state index in [-0.39, 0.29) is 10.7 Å². The third kappa shape index (κ3) is 3.33. The van der Waals surface area contributed by atoms with Gasteiger partial charge in [-0.05, 0) is 19.1 Å². The van der Waals surface area contributed by atoms with Crippen molar-refractivity contribution in [2.45, 2.75) is 13.3 Å². The quantitative estimate of drug-likeness (QED) is 0.814. The van der Waals surface area contributed by atoms with Crippen molar-refractivity contribution in [2.24, 2.45) is 0 Å². The Bertz CT molecular complexity index is 457. The Kier molecular flexibility index (Phi) is 4.73. The van der Waals surface area contributed by atoms with Gasteiger partial charge in [0.25, 0.3) is 0 Å². The van der Waals surface area contributed by atoms with Crippen molar-refractivity contribution in [1.82, 2.24) is 4.98 Å². The van der Waals surface area contributed by atoms with Crippen LogP contribution in [-0.4, -0.2) is 29.1 Å². The third-order valence-electron chi connectivity index (χ3n) is 2.25. The molecule has 0 saturated heterocycles. The molecule has 0 bridgehead atoms. The Morgan fingerprint density at radius 3 is 2.88 bits per heavy atom. The summed E-state index contributed by atoms with van der Waals surface area (Å²) in [6.45, 7) is 2.86. The van der Waals surface area contributed by atoms with Gasteiger partial charge in [-0.1, -0.05) is 11.6 Å². The van der Waals surface area contributed by atoms with Gasteiger partial charge in [-0.15, -0.1) is 0 Å². The Morgan fingerprint density at radius 2 is 2.35 bits per heavy atom. The molecule has 0 aromatic carbocycles. The number of anilines is 1. The van der Waals surface area contributed by atoms with Gasteiger partial charge in [0.15, 0.2) is 0 Å². The summed E-state index contributed by atoms with van der Waals surface area (Å²) in [5.74, 6) is -0.748. The van der Waals surface area contributed by atoms with Crippen LogP contribution in [0.3, 0.4) is 0 Å². The van der Waals surface area contributed by atoms with Gasteiger partial charge in [-0.25, -0.2) is 9.78 Å². The fraction of sp³-hybridized carbons (Fsp3) is 0.364. The summed E-state index contributed by atoms with van der Waals surface area (Å²) in [5, 5.41) is 17.8. The highest BCUT2D eigenvalue weighted by molar-refractivity contribution is 6.29. The number of hydrogen-bond acceptors (Lipinski definition) is 4. The number of aromatic carboxylic acids is 1. The second-order valence-electron chi connectivity index (χ2n) is 3.30. The highest BCUT2D eigenvalue weighted by Gasteiger charge is 2.16. The minimum atomic E-state index is -1.06. The molecule has 6 heteroatoms. The van der Waals surface area contributed by atoms with Crippen LogP contribution >= 0.6 is 11.6 Å². The molecule has 17 heavy (non-hydrogen) atoms. The van der Waals surface area contributed by atoms with Crippen molar-refractivity contribution < 1.29 is 9.90 Å². The van der Waals surface area contributed by atoms with Gasteiger partial charge in [0.2, 0.25) is 0 Å². The molecule has 0 fully saturated rings. The van der Waals surface area contributed by atoms with Crippen LogP contribution in [0.2, 0.25) is 5.15 Å². The first-order valence-electron chi connectivity index (χ1n) is 5.11. The van der Waals surface area contributed by atoms with Crippen LogP contribution in [0.25, 0.3) is 0 Å². The molecule has 0 saturated carbocycles. The standard InChI is InChI=1S/C11H12ClN3O2/c1-2-15(7-3-6-13)10-8(11(16)17)4-5-9(12)14-10/h4-5H,2-3,7H2,1H3,(H,16,17). The summed E-state index contributed by atoms with van der Waals surface area (Å²) >= 11 is 5.76. The smallest absolute Gasteiger partial charge is 0.339 e. The van der Waals surface area contributed by atoms with E-state index in [1.807, 2.05) is 13.0 Å². The summed E-state index contributed by atoms with van der Waals surface area (Å²) < 4.78 is 0. The van der Waals surface area contributed by atoms with Crippen LogP contribution in [0, 0.1) is 11.3 Å². The highest BCUT2D eigenvalue weighted by atomic mass is 35.5. The first-order chi connectivity index (χ1) is 8.10. The van der Waals surface area contributed by atoms with Gasteiger partial charge in [-0.2, -0.15) is 5.26 Å². The monoisotopic (exact) mass is 253 g/mol. The molecular weight excluding hydrogens is 242 g/mol. The summed E-state index contributed by atoms with van der Waals surface area (Å²) in [6, 6.07) is 4.87. The Balaban J connectivity index is 3.12. The minimum absolute atomic E-state index is 0.0918. The summed E-state index contributed by atoms with van der Waals surface area (Å²) in [7, 11) is 0. The van der Waals surface area contributed by atoms with Crippen molar-refractivity contribution in [1.29, 1.82) is 5.26 Å². The zero-order chi connectivity index (χ0) is 12.8. The van der Waals surface area contributed by atoms with Gasteiger partial charge in [0, 0.05) is 13.1 Å². The van der Waals surface area contributed by atoms with Crippen LogP contribution < -0.4 is 4.90 Å². The van der Waals surface area contributed by atoms with Crippen LogP contribution in [0.15, 0.2) is 12.1 Å². The predicted molar refractivity (Wildman–Crippen MR) is 64.3 cm³/mol. The molecule has 1 aromatic rings. The maximum absolute atomic E-state index is 11.1. The lowest BCUT2D eigenvalue weighted by atomic mass is 10.2. The van der Waals surface area contributed by atoms with Gasteiger partial charge >= 0.3 is 5.97 Å². The molecule has 1 aromatic heterocycles. The number of nitrogens with zero attached hydrogens (tertiary/aromatic N) is 3. The molecule has 0 radical (unpaired) electrons. The van der Waals surface area contributed by atoms with Crippen LogP contribution in [0.5, 0.6) is 0 Å². The third-order valence-corrected chi connectivity index (χ3v) is 2.46. The lowest BCUT2D eigenvalue weighted by Crippen LogP contribution is -2.26. The number of carbonyl (C=O) groups is 1. The number of rotatable bonds is 5. The molecule has 0 aliphatic heterocycles. The van der Waals surface area contributed by atoms with Crippen LogP contribution in [-0.2, 0) is 0 Å². The van der Waals surface area contributed by atoms with Crippen molar-refractivity contribution >= 4 is 23.4 Å². The minimum Gasteiger partial charge on any atom is -0.478 e. The van der Waals surface area contributed by atoms with E-state index in [9.17, 15) is 4.79 Å². The molecule has 5 nitrogen and oxygen atoms in total. The second kappa shape index (κ2) is 6.06. The van der Waals surface area contributed by atoms with Crippen molar-refractivity contribution in [3.8, 4) is 6.07 Å². The molecule has 0 aliphatic carbocycles.